The number of aliphatic hydroxyl groups excluding tert-OH is 2. The molecule has 0 aromatic heterocycles. The molecule has 0 spiro atoms. The lowest BCUT2D eigenvalue weighted by molar-refractivity contribution is 0.0387. The second-order valence-electron chi connectivity index (χ2n) is 6.15. The van der Waals surface area contributed by atoms with Gasteiger partial charge in [0.2, 0.25) is 0 Å². The summed E-state index contributed by atoms with van der Waals surface area (Å²) in [5.74, 6) is -0.0775. The van der Waals surface area contributed by atoms with E-state index in [9.17, 15) is 14.6 Å². The van der Waals surface area contributed by atoms with Gasteiger partial charge in [0.1, 0.15) is 5.82 Å². The molecule has 4 heteroatoms. The SMILES string of the molecule is C=CCCC(O)CN1CCC(C(O)c2ccc(F)cc2)CC1. The molecule has 1 aromatic rings. The van der Waals surface area contributed by atoms with Gasteiger partial charge in [0.25, 0.3) is 0 Å². The van der Waals surface area contributed by atoms with Crippen molar-refractivity contribution in [1.29, 1.82) is 0 Å². The van der Waals surface area contributed by atoms with Gasteiger partial charge < -0.3 is 15.1 Å². The van der Waals surface area contributed by atoms with Crippen LogP contribution in [0, 0.1) is 11.7 Å². The van der Waals surface area contributed by atoms with Gasteiger partial charge in [-0.25, -0.2) is 4.39 Å². The lowest BCUT2D eigenvalue weighted by Crippen LogP contribution is -2.40. The largest absolute Gasteiger partial charge is 0.392 e. The van der Waals surface area contributed by atoms with Crippen molar-refractivity contribution in [2.24, 2.45) is 5.92 Å². The van der Waals surface area contributed by atoms with Crippen LogP contribution in [0.25, 0.3) is 0 Å². The number of nitrogens with zero attached hydrogens (tertiary/aromatic N) is 1. The van der Waals surface area contributed by atoms with E-state index in [-0.39, 0.29) is 17.8 Å². The molecule has 2 unspecified atom stereocenters. The van der Waals surface area contributed by atoms with Crippen LogP contribution < -0.4 is 0 Å². The molecule has 2 N–H and O–H groups in total. The molecular formula is C18H26FNO2. The summed E-state index contributed by atoms with van der Waals surface area (Å²) in [6.07, 6.45) is 4.36. The zero-order valence-electron chi connectivity index (χ0n) is 13.0. The van der Waals surface area contributed by atoms with Gasteiger partial charge in [0.05, 0.1) is 12.2 Å². The molecule has 1 fully saturated rings. The molecular weight excluding hydrogens is 281 g/mol. The molecule has 1 saturated heterocycles. The van der Waals surface area contributed by atoms with Crippen LogP contribution in [0.15, 0.2) is 36.9 Å². The summed E-state index contributed by atoms with van der Waals surface area (Å²) in [5.41, 5.74) is 0.783. The third kappa shape index (κ3) is 4.90. The molecule has 22 heavy (non-hydrogen) atoms. The number of benzene rings is 1. The zero-order chi connectivity index (χ0) is 15.9. The smallest absolute Gasteiger partial charge is 0.123 e. The summed E-state index contributed by atoms with van der Waals surface area (Å²) < 4.78 is 12.9. The molecule has 1 aliphatic heterocycles. The Morgan fingerprint density at radius 2 is 1.86 bits per heavy atom. The Morgan fingerprint density at radius 1 is 1.23 bits per heavy atom. The van der Waals surface area contributed by atoms with Crippen LogP contribution in [0.2, 0.25) is 0 Å². The Morgan fingerprint density at radius 3 is 2.45 bits per heavy atom. The predicted octanol–water partition coefficient (Wildman–Crippen LogP) is 2.90. The average Bonchev–Trinajstić information content (AvgIpc) is 2.54. The highest BCUT2D eigenvalue weighted by molar-refractivity contribution is 5.19. The minimum Gasteiger partial charge on any atom is -0.392 e. The Labute approximate surface area is 132 Å². The minimum absolute atomic E-state index is 0.201. The third-order valence-electron chi connectivity index (χ3n) is 4.46. The maximum atomic E-state index is 12.9. The Kier molecular flexibility index (Phi) is 6.55. The number of β-amino-alcohol motifs (C(OH)–C–C–N with tert-alkyl or cyclic N) is 1. The molecule has 0 saturated carbocycles. The van der Waals surface area contributed by atoms with Crippen molar-refractivity contribution in [1.82, 2.24) is 4.90 Å². The summed E-state index contributed by atoms with van der Waals surface area (Å²) >= 11 is 0. The van der Waals surface area contributed by atoms with Crippen molar-refractivity contribution in [2.75, 3.05) is 19.6 Å². The number of likely N-dealkylation sites (tertiary alicyclic amines) is 1. The van der Waals surface area contributed by atoms with E-state index in [0.29, 0.717) is 6.54 Å². The number of hydrogen-bond acceptors (Lipinski definition) is 3. The first kappa shape index (κ1) is 17.1. The van der Waals surface area contributed by atoms with Crippen molar-refractivity contribution in [2.45, 2.75) is 37.9 Å². The van der Waals surface area contributed by atoms with E-state index in [1.54, 1.807) is 12.1 Å². The third-order valence-corrected chi connectivity index (χ3v) is 4.46. The van der Waals surface area contributed by atoms with E-state index >= 15 is 0 Å². The number of piperidine rings is 1. The molecule has 3 nitrogen and oxygen atoms in total. The van der Waals surface area contributed by atoms with Gasteiger partial charge in [-0.1, -0.05) is 18.2 Å². The monoisotopic (exact) mass is 307 g/mol. The lowest BCUT2D eigenvalue weighted by atomic mass is 9.87. The number of aliphatic hydroxyl groups is 2. The van der Waals surface area contributed by atoms with Crippen LogP contribution >= 0.6 is 0 Å². The van der Waals surface area contributed by atoms with Crippen LogP contribution in [0.3, 0.4) is 0 Å². The van der Waals surface area contributed by atoms with Crippen molar-refractivity contribution in [3.63, 3.8) is 0 Å². The van der Waals surface area contributed by atoms with Crippen molar-refractivity contribution < 1.29 is 14.6 Å². The van der Waals surface area contributed by atoms with Gasteiger partial charge in [0, 0.05) is 6.54 Å². The number of halogens is 1. The Hall–Kier alpha value is -1.23. The second-order valence-corrected chi connectivity index (χ2v) is 6.15. The molecule has 122 valence electrons. The fourth-order valence-electron chi connectivity index (χ4n) is 3.08. The van der Waals surface area contributed by atoms with Gasteiger partial charge in [-0.2, -0.15) is 0 Å². The summed E-state index contributed by atoms with van der Waals surface area (Å²) in [7, 11) is 0. The highest BCUT2D eigenvalue weighted by Gasteiger charge is 2.26. The Bertz CT molecular complexity index is 455. The fraction of sp³-hybridized carbons (Fsp3) is 0.556. The van der Waals surface area contributed by atoms with E-state index in [1.165, 1.54) is 12.1 Å². The van der Waals surface area contributed by atoms with Gasteiger partial charge in [-0.15, -0.1) is 6.58 Å². The van der Waals surface area contributed by atoms with Gasteiger partial charge in [-0.3, -0.25) is 0 Å². The topological polar surface area (TPSA) is 43.7 Å². The normalized spacial score (nSPS) is 19.8. The van der Waals surface area contributed by atoms with Crippen LogP contribution in [0.5, 0.6) is 0 Å². The quantitative estimate of drug-likeness (QED) is 0.761. The summed E-state index contributed by atoms with van der Waals surface area (Å²) in [5, 5.41) is 20.4. The maximum Gasteiger partial charge on any atom is 0.123 e. The summed E-state index contributed by atoms with van der Waals surface area (Å²) in [6.45, 7) is 6.12. The van der Waals surface area contributed by atoms with E-state index in [0.717, 1.165) is 44.3 Å². The number of allylic oxidation sites excluding steroid dienone is 1. The first-order chi connectivity index (χ1) is 10.6. The number of rotatable bonds is 7. The molecule has 0 bridgehead atoms. The molecule has 2 rings (SSSR count). The fourth-order valence-corrected chi connectivity index (χ4v) is 3.08. The van der Waals surface area contributed by atoms with Crippen LogP contribution in [-0.4, -0.2) is 40.9 Å². The first-order valence-corrected chi connectivity index (χ1v) is 8.05. The Balaban J connectivity index is 1.79. The standard InChI is InChI=1S/C18H26FNO2/c1-2-3-4-17(21)13-20-11-9-15(10-12-20)18(22)14-5-7-16(19)8-6-14/h2,5-8,15,17-18,21-22H,1,3-4,9-13H2. The zero-order valence-corrected chi connectivity index (χ0v) is 13.0. The van der Waals surface area contributed by atoms with Crippen LogP contribution in [0.1, 0.15) is 37.4 Å². The van der Waals surface area contributed by atoms with E-state index in [2.05, 4.69) is 11.5 Å². The summed E-state index contributed by atoms with van der Waals surface area (Å²) in [6, 6.07) is 6.10. The molecule has 1 aromatic carbocycles. The van der Waals surface area contributed by atoms with Crippen molar-refractivity contribution in [3.8, 4) is 0 Å². The molecule has 1 aliphatic rings. The molecule has 0 radical (unpaired) electrons. The van der Waals surface area contributed by atoms with E-state index < -0.39 is 6.10 Å². The van der Waals surface area contributed by atoms with E-state index in [4.69, 9.17) is 0 Å². The van der Waals surface area contributed by atoms with Gasteiger partial charge in [0.15, 0.2) is 0 Å². The second kappa shape index (κ2) is 8.42. The van der Waals surface area contributed by atoms with Crippen molar-refractivity contribution in [3.05, 3.63) is 48.3 Å². The minimum atomic E-state index is -0.534. The van der Waals surface area contributed by atoms with E-state index in [1.807, 2.05) is 6.08 Å². The maximum absolute atomic E-state index is 12.9. The molecule has 0 amide bonds. The summed E-state index contributed by atoms with van der Waals surface area (Å²) in [4.78, 5) is 2.25. The molecule has 0 aliphatic carbocycles. The highest BCUT2D eigenvalue weighted by Crippen LogP contribution is 2.30. The van der Waals surface area contributed by atoms with Crippen LogP contribution in [-0.2, 0) is 0 Å². The predicted molar refractivity (Wildman–Crippen MR) is 86.0 cm³/mol. The molecule has 1 heterocycles. The average molecular weight is 307 g/mol. The number of hydrogen-bond donors (Lipinski definition) is 2. The molecule has 2 atom stereocenters. The van der Waals surface area contributed by atoms with Crippen molar-refractivity contribution >= 4 is 0 Å². The van der Waals surface area contributed by atoms with Gasteiger partial charge >= 0.3 is 0 Å². The van der Waals surface area contributed by atoms with Gasteiger partial charge in [-0.05, 0) is 62.4 Å². The van der Waals surface area contributed by atoms with Crippen LogP contribution in [0.4, 0.5) is 4.39 Å². The lowest BCUT2D eigenvalue weighted by Gasteiger charge is -2.35. The first-order valence-electron chi connectivity index (χ1n) is 8.05. The highest BCUT2D eigenvalue weighted by atomic mass is 19.1.